The van der Waals surface area contributed by atoms with Crippen molar-refractivity contribution in [3.8, 4) is 11.1 Å². The zero-order chi connectivity index (χ0) is 45.7. The van der Waals surface area contributed by atoms with Crippen LogP contribution in [0.5, 0.6) is 0 Å². The zero-order valence-electron chi connectivity index (χ0n) is 39.8. The van der Waals surface area contributed by atoms with Crippen molar-refractivity contribution in [2.24, 2.45) is 0 Å². The average molecular weight is 887 g/mol. The molecule has 0 N–H and O–H groups in total. The molecule has 0 spiro atoms. The summed E-state index contributed by atoms with van der Waals surface area (Å²) in [5, 5.41) is 13.2. The van der Waals surface area contributed by atoms with Gasteiger partial charge in [0, 0.05) is 39.5 Å². The Morgan fingerprint density at radius 3 is 1.35 bits per heavy atom. The van der Waals surface area contributed by atoms with Crippen molar-refractivity contribution in [2.45, 2.75) is 65.5 Å². The molecule has 0 atom stereocenters. The minimum atomic E-state index is -1.48. The van der Waals surface area contributed by atoms with Crippen molar-refractivity contribution in [1.29, 1.82) is 0 Å². The summed E-state index contributed by atoms with van der Waals surface area (Å²) in [5.74, 6) is 0. The molecule has 0 saturated carbocycles. The van der Waals surface area contributed by atoms with Crippen molar-refractivity contribution in [2.75, 3.05) is 9.80 Å². The fourth-order valence-corrected chi connectivity index (χ4v) is 13.1. The van der Waals surface area contributed by atoms with E-state index in [1.807, 2.05) is 0 Å². The van der Waals surface area contributed by atoms with E-state index in [4.69, 9.17) is 0 Å². The Kier molecular flexibility index (Phi) is 9.81. The van der Waals surface area contributed by atoms with Crippen LogP contribution in [-0.4, -0.2) is 16.1 Å². The molecule has 0 bridgehead atoms. The molecular weight excluding hydrogens is 829 g/mol. The van der Waals surface area contributed by atoms with E-state index in [0.717, 1.165) is 17.1 Å². The molecular formula is C62H58N2Si2. The Morgan fingerprint density at radius 1 is 0.364 bits per heavy atom. The van der Waals surface area contributed by atoms with Gasteiger partial charge in [-0.2, -0.15) is 0 Å². The molecule has 10 aromatic rings. The van der Waals surface area contributed by atoms with E-state index in [9.17, 15) is 0 Å². The zero-order valence-corrected chi connectivity index (χ0v) is 41.8. The molecule has 4 heteroatoms. The first-order chi connectivity index (χ1) is 31.6. The minimum absolute atomic E-state index is 0.262. The maximum absolute atomic E-state index is 2.49. The second-order valence-electron chi connectivity index (χ2n) is 21.1. The van der Waals surface area contributed by atoms with E-state index in [1.54, 1.807) is 0 Å². The Bertz CT molecular complexity index is 3540. The highest BCUT2D eigenvalue weighted by Gasteiger charge is 2.36. The first-order valence-corrected chi connectivity index (χ1v) is 30.6. The Morgan fingerprint density at radius 2 is 0.818 bits per heavy atom. The maximum Gasteiger partial charge on any atom is 0.0775 e. The van der Waals surface area contributed by atoms with Crippen LogP contribution in [0.25, 0.3) is 54.2 Å². The second-order valence-corrected chi connectivity index (χ2v) is 31.3. The Balaban J connectivity index is 1.09. The molecule has 0 heterocycles. The maximum atomic E-state index is 2.49. The van der Waals surface area contributed by atoms with E-state index >= 15 is 0 Å². The van der Waals surface area contributed by atoms with Gasteiger partial charge in [0.05, 0.1) is 16.1 Å². The van der Waals surface area contributed by atoms with Crippen LogP contribution in [0, 0.1) is 6.92 Å². The molecule has 0 aromatic heterocycles. The highest BCUT2D eigenvalue weighted by atomic mass is 28.3. The average Bonchev–Trinajstić information content (AvgIpc) is 3.31. The minimum Gasteiger partial charge on any atom is -0.310 e. The summed E-state index contributed by atoms with van der Waals surface area (Å²) in [4.78, 5) is 4.91. The van der Waals surface area contributed by atoms with Crippen molar-refractivity contribution in [3.05, 3.63) is 205 Å². The summed E-state index contributed by atoms with van der Waals surface area (Å²) in [7, 11) is -2.97. The van der Waals surface area contributed by atoms with Gasteiger partial charge in [-0.15, -0.1) is 0 Å². The third-order valence-corrected chi connectivity index (χ3v) is 18.6. The quantitative estimate of drug-likeness (QED) is 0.111. The van der Waals surface area contributed by atoms with Crippen LogP contribution in [0.4, 0.5) is 34.1 Å². The molecule has 0 amide bonds. The van der Waals surface area contributed by atoms with E-state index in [1.165, 1.54) is 98.3 Å². The summed E-state index contributed by atoms with van der Waals surface area (Å²) in [6, 6.07) is 71.3. The molecule has 0 saturated heterocycles. The number of nitrogens with zero attached hydrogens (tertiary/aromatic N) is 2. The second kappa shape index (κ2) is 15.4. The molecule has 324 valence electrons. The van der Waals surface area contributed by atoms with Crippen molar-refractivity contribution in [1.82, 2.24) is 0 Å². The van der Waals surface area contributed by atoms with Crippen LogP contribution < -0.4 is 20.2 Å². The smallest absolute Gasteiger partial charge is 0.0775 e. The van der Waals surface area contributed by atoms with E-state index in [2.05, 4.69) is 258 Å². The van der Waals surface area contributed by atoms with Crippen molar-refractivity contribution < 1.29 is 0 Å². The SMILES string of the molecule is Cc1c2c3c(cccc3c3cc(N(c4ccc([Si](C)(C)C)cc4)c4ccc5ccccc5c4)ccc13)C(C)(C)c1cc(N(c3ccc([Si](C)(C)C)cc3)c3ccc4ccccc4c3)ccc1-2. The molecule has 66 heavy (non-hydrogen) atoms. The van der Waals surface area contributed by atoms with Crippen LogP contribution in [0.15, 0.2) is 188 Å². The fourth-order valence-electron chi connectivity index (χ4n) is 10.7. The van der Waals surface area contributed by atoms with Crippen LogP contribution in [-0.2, 0) is 5.41 Å². The number of anilines is 6. The Hall–Kier alpha value is -6.73. The van der Waals surface area contributed by atoms with Crippen LogP contribution in [0.3, 0.4) is 0 Å². The first kappa shape index (κ1) is 41.9. The summed E-state index contributed by atoms with van der Waals surface area (Å²) in [5.41, 5.74) is 13.5. The van der Waals surface area contributed by atoms with Gasteiger partial charge in [-0.05, 0) is 151 Å². The van der Waals surface area contributed by atoms with Gasteiger partial charge in [0.1, 0.15) is 0 Å². The van der Waals surface area contributed by atoms with Gasteiger partial charge in [-0.25, -0.2) is 0 Å². The van der Waals surface area contributed by atoms with Crippen LogP contribution in [0.2, 0.25) is 39.3 Å². The molecule has 0 aliphatic heterocycles. The number of rotatable bonds is 8. The lowest BCUT2D eigenvalue weighted by Gasteiger charge is -2.38. The topological polar surface area (TPSA) is 6.48 Å². The van der Waals surface area contributed by atoms with Gasteiger partial charge in [0.25, 0.3) is 0 Å². The van der Waals surface area contributed by atoms with Gasteiger partial charge >= 0.3 is 0 Å². The summed E-state index contributed by atoms with van der Waals surface area (Å²) >= 11 is 0. The van der Waals surface area contributed by atoms with Gasteiger partial charge in [0.2, 0.25) is 0 Å². The number of hydrogen-bond acceptors (Lipinski definition) is 2. The number of fused-ring (bicyclic) bond motifs is 6. The largest absolute Gasteiger partial charge is 0.310 e. The standard InChI is InChI=1S/C62H58N2Si2/c1-41-54-35-29-50(63(46-25-31-52(32-26-46)65(4,5)6)48-23-21-42-15-10-12-17-44(42)37-48)39-57(54)55-19-14-20-58-61(55)60(41)56-36-30-51(40-59(56)62(58,2)3)64(47-27-33-53(34-28-47)66(7,8)9)49-24-22-43-16-11-13-18-45(43)38-49/h10-40H,1-9H3. The molecule has 1 aliphatic rings. The molecule has 10 aromatic carbocycles. The summed E-state index contributed by atoms with van der Waals surface area (Å²) in [6.45, 7) is 21.7. The predicted molar refractivity (Wildman–Crippen MR) is 294 cm³/mol. The number of hydrogen-bond donors (Lipinski definition) is 0. The lowest BCUT2D eigenvalue weighted by atomic mass is 9.67. The van der Waals surface area contributed by atoms with Crippen molar-refractivity contribution in [3.63, 3.8) is 0 Å². The Labute approximate surface area is 392 Å². The lowest BCUT2D eigenvalue weighted by molar-refractivity contribution is 0.645. The lowest BCUT2D eigenvalue weighted by Crippen LogP contribution is -2.37. The van der Waals surface area contributed by atoms with E-state index < -0.39 is 16.1 Å². The first-order valence-electron chi connectivity index (χ1n) is 23.6. The van der Waals surface area contributed by atoms with Gasteiger partial charge in [0.15, 0.2) is 0 Å². The molecule has 0 radical (unpaired) electrons. The van der Waals surface area contributed by atoms with Gasteiger partial charge in [-0.3, -0.25) is 0 Å². The van der Waals surface area contributed by atoms with Crippen LogP contribution in [0.1, 0.15) is 30.5 Å². The van der Waals surface area contributed by atoms with E-state index in [0.29, 0.717) is 0 Å². The predicted octanol–water partition coefficient (Wildman–Crippen LogP) is 16.9. The van der Waals surface area contributed by atoms with Crippen LogP contribution >= 0.6 is 0 Å². The third-order valence-electron chi connectivity index (χ3n) is 14.5. The molecule has 1 aliphatic carbocycles. The third kappa shape index (κ3) is 6.97. The van der Waals surface area contributed by atoms with Gasteiger partial charge in [-0.1, -0.05) is 179 Å². The van der Waals surface area contributed by atoms with Gasteiger partial charge < -0.3 is 9.80 Å². The number of benzene rings is 10. The molecule has 11 rings (SSSR count). The normalized spacial score (nSPS) is 13.3. The molecule has 0 fully saturated rings. The monoisotopic (exact) mass is 886 g/mol. The fraction of sp³-hybridized carbons (Fsp3) is 0.161. The van der Waals surface area contributed by atoms with Crippen molar-refractivity contribution >= 4 is 104 Å². The summed E-state index contributed by atoms with van der Waals surface area (Å²) < 4.78 is 0. The highest BCUT2D eigenvalue weighted by molar-refractivity contribution is 6.89. The van der Waals surface area contributed by atoms with E-state index in [-0.39, 0.29) is 5.41 Å². The summed E-state index contributed by atoms with van der Waals surface area (Å²) in [6.07, 6.45) is 0. The molecule has 0 unspecified atom stereocenters. The number of aryl methyl sites for hydroxylation is 1. The highest BCUT2D eigenvalue weighted by Crippen LogP contribution is 2.54. The molecule has 2 nitrogen and oxygen atoms in total.